The Kier molecular flexibility index (Phi) is 4.10. The number of benzene rings is 1. The van der Waals surface area contributed by atoms with Crippen LogP contribution in [0.1, 0.15) is 19.8 Å². The summed E-state index contributed by atoms with van der Waals surface area (Å²) >= 11 is 6.01. The molecule has 118 valence electrons. The number of carbonyl (C=O) groups is 2. The van der Waals surface area contributed by atoms with Gasteiger partial charge < -0.3 is 15.0 Å². The second-order valence-electron chi connectivity index (χ2n) is 6.03. The van der Waals surface area contributed by atoms with Crippen LogP contribution >= 0.6 is 11.6 Å². The fraction of sp³-hybridized carbons (Fsp3) is 0.500. The van der Waals surface area contributed by atoms with Gasteiger partial charge in [-0.15, -0.1) is 0 Å². The van der Waals surface area contributed by atoms with Crippen molar-refractivity contribution in [2.45, 2.75) is 25.8 Å². The molecule has 0 aromatic heterocycles. The van der Waals surface area contributed by atoms with Crippen LogP contribution in [-0.4, -0.2) is 37.6 Å². The lowest BCUT2D eigenvalue weighted by Gasteiger charge is -2.22. The summed E-state index contributed by atoms with van der Waals surface area (Å²) < 4.78 is 5.07. The van der Waals surface area contributed by atoms with Crippen LogP contribution in [0.25, 0.3) is 0 Å². The second-order valence-corrected chi connectivity index (χ2v) is 6.46. The Morgan fingerprint density at radius 2 is 2.36 bits per heavy atom. The van der Waals surface area contributed by atoms with Crippen molar-refractivity contribution in [1.82, 2.24) is 5.32 Å². The molecule has 0 aliphatic carbocycles. The smallest absolute Gasteiger partial charge is 0.323 e. The maximum Gasteiger partial charge on any atom is 0.323 e. The van der Waals surface area contributed by atoms with Crippen molar-refractivity contribution in [3.05, 3.63) is 29.3 Å². The van der Waals surface area contributed by atoms with Gasteiger partial charge >= 0.3 is 5.97 Å². The molecule has 1 aromatic carbocycles. The third kappa shape index (κ3) is 2.83. The van der Waals surface area contributed by atoms with Crippen molar-refractivity contribution in [2.24, 2.45) is 5.41 Å². The SMILES string of the molecule is CCOC(=O)[C@@H]1C[C@@]2(CN1)CC(=O)N(c1cccc(Cl)c1)C2. The van der Waals surface area contributed by atoms with E-state index < -0.39 is 0 Å². The van der Waals surface area contributed by atoms with Crippen LogP contribution in [0.5, 0.6) is 0 Å². The van der Waals surface area contributed by atoms with Gasteiger partial charge in [-0.1, -0.05) is 17.7 Å². The standard InChI is InChI=1S/C16H19ClN2O3/c1-2-22-15(21)13-7-16(9-18-13)8-14(20)19(10-16)12-5-3-4-11(17)6-12/h3-6,13,18H,2,7-10H2,1H3/t13-,16-/m0/s1. The summed E-state index contributed by atoms with van der Waals surface area (Å²) in [6.07, 6.45) is 1.08. The zero-order chi connectivity index (χ0) is 15.7. The van der Waals surface area contributed by atoms with Gasteiger partial charge in [0.25, 0.3) is 0 Å². The first-order valence-electron chi connectivity index (χ1n) is 7.49. The zero-order valence-electron chi connectivity index (χ0n) is 12.5. The van der Waals surface area contributed by atoms with Gasteiger partial charge in [0.15, 0.2) is 0 Å². The number of carbonyl (C=O) groups excluding carboxylic acids is 2. The molecule has 6 heteroatoms. The van der Waals surface area contributed by atoms with Crippen molar-refractivity contribution in [2.75, 3.05) is 24.6 Å². The zero-order valence-corrected chi connectivity index (χ0v) is 13.2. The average Bonchev–Trinajstić information content (AvgIpc) is 3.03. The predicted molar refractivity (Wildman–Crippen MR) is 83.9 cm³/mol. The molecule has 2 fully saturated rings. The van der Waals surface area contributed by atoms with Crippen LogP contribution in [-0.2, 0) is 14.3 Å². The van der Waals surface area contributed by atoms with Crippen LogP contribution in [0.3, 0.4) is 0 Å². The summed E-state index contributed by atoms with van der Waals surface area (Å²) in [5.41, 5.74) is 0.616. The Hall–Kier alpha value is -1.59. The normalized spacial score (nSPS) is 27.6. The summed E-state index contributed by atoms with van der Waals surface area (Å²) in [5, 5.41) is 3.81. The lowest BCUT2D eigenvalue weighted by atomic mass is 9.84. The van der Waals surface area contributed by atoms with Crippen LogP contribution < -0.4 is 10.2 Å². The van der Waals surface area contributed by atoms with Gasteiger partial charge in [0, 0.05) is 35.6 Å². The minimum Gasteiger partial charge on any atom is -0.465 e. The third-order valence-corrected chi connectivity index (χ3v) is 4.61. The number of nitrogens with zero attached hydrogens (tertiary/aromatic N) is 1. The van der Waals surface area contributed by atoms with Crippen LogP contribution in [0, 0.1) is 5.41 Å². The molecule has 1 aromatic rings. The van der Waals surface area contributed by atoms with Crippen LogP contribution in [0.2, 0.25) is 5.02 Å². The Labute approximate surface area is 134 Å². The molecule has 3 rings (SSSR count). The fourth-order valence-corrected chi connectivity index (χ4v) is 3.54. The third-order valence-electron chi connectivity index (χ3n) is 4.37. The molecule has 0 saturated carbocycles. The van der Waals surface area contributed by atoms with Crippen molar-refractivity contribution in [1.29, 1.82) is 0 Å². The minimum absolute atomic E-state index is 0.0774. The van der Waals surface area contributed by atoms with E-state index in [9.17, 15) is 9.59 Å². The topological polar surface area (TPSA) is 58.6 Å². The largest absolute Gasteiger partial charge is 0.465 e. The Morgan fingerprint density at radius 3 is 3.09 bits per heavy atom. The van der Waals surface area contributed by atoms with E-state index in [1.54, 1.807) is 24.0 Å². The van der Waals surface area contributed by atoms with Gasteiger partial charge in [0.1, 0.15) is 6.04 Å². The maximum atomic E-state index is 12.4. The number of hydrogen-bond donors (Lipinski definition) is 1. The van der Waals surface area contributed by atoms with Gasteiger partial charge in [-0.3, -0.25) is 9.59 Å². The maximum absolute atomic E-state index is 12.4. The van der Waals surface area contributed by atoms with E-state index in [-0.39, 0.29) is 23.3 Å². The highest BCUT2D eigenvalue weighted by Gasteiger charge is 2.50. The predicted octanol–water partition coefficient (Wildman–Crippen LogP) is 1.99. The number of nitrogens with one attached hydrogen (secondary N) is 1. The summed E-state index contributed by atoms with van der Waals surface area (Å²) in [7, 11) is 0. The number of hydrogen-bond acceptors (Lipinski definition) is 4. The fourth-order valence-electron chi connectivity index (χ4n) is 3.36. The van der Waals surface area contributed by atoms with Gasteiger partial charge in [-0.25, -0.2) is 0 Å². The first kappa shape index (κ1) is 15.3. The van der Waals surface area contributed by atoms with E-state index in [2.05, 4.69) is 5.32 Å². The Balaban J connectivity index is 1.73. The van der Waals surface area contributed by atoms with Crippen molar-refractivity contribution in [3.8, 4) is 0 Å². The molecule has 0 bridgehead atoms. The molecule has 2 aliphatic heterocycles. The van der Waals surface area contributed by atoms with Gasteiger partial charge in [0.05, 0.1) is 6.61 Å². The first-order chi connectivity index (χ1) is 10.5. The number of ether oxygens (including phenoxy) is 1. The minimum atomic E-state index is -0.313. The molecular weight excluding hydrogens is 304 g/mol. The van der Waals surface area contributed by atoms with Crippen molar-refractivity contribution in [3.63, 3.8) is 0 Å². The Bertz CT molecular complexity index is 607. The summed E-state index contributed by atoms with van der Waals surface area (Å²) in [4.78, 5) is 26.0. The van der Waals surface area contributed by atoms with Crippen LogP contribution in [0.15, 0.2) is 24.3 Å². The molecule has 2 saturated heterocycles. The van der Waals surface area contributed by atoms with Crippen LogP contribution in [0.4, 0.5) is 5.69 Å². The molecule has 1 amide bonds. The average molecular weight is 323 g/mol. The molecule has 0 unspecified atom stereocenters. The number of anilines is 1. The van der Waals surface area contributed by atoms with E-state index in [0.717, 1.165) is 5.69 Å². The second kappa shape index (κ2) is 5.89. The summed E-state index contributed by atoms with van der Waals surface area (Å²) in [6, 6.07) is 6.99. The highest BCUT2D eigenvalue weighted by Crippen LogP contribution is 2.41. The summed E-state index contributed by atoms with van der Waals surface area (Å²) in [5.74, 6) is -0.151. The molecule has 22 heavy (non-hydrogen) atoms. The molecule has 5 nitrogen and oxygen atoms in total. The van der Waals surface area contributed by atoms with E-state index in [1.807, 2.05) is 12.1 Å². The van der Waals surface area contributed by atoms with Gasteiger partial charge in [-0.2, -0.15) is 0 Å². The number of amides is 1. The number of halogens is 1. The lowest BCUT2D eigenvalue weighted by Crippen LogP contribution is -2.32. The highest BCUT2D eigenvalue weighted by molar-refractivity contribution is 6.30. The monoisotopic (exact) mass is 322 g/mol. The highest BCUT2D eigenvalue weighted by atomic mass is 35.5. The van der Waals surface area contributed by atoms with E-state index in [4.69, 9.17) is 16.3 Å². The van der Waals surface area contributed by atoms with E-state index >= 15 is 0 Å². The quantitative estimate of drug-likeness (QED) is 0.865. The molecule has 0 radical (unpaired) electrons. The Morgan fingerprint density at radius 1 is 1.55 bits per heavy atom. The van der Waals surface area contributed by atoms with E-state index in [0.29, 0.717) is 37.6 Å². The lowest BCUT2D eigenvalue weighted by molar-refractivity contribution is -0.145. The molecule has 2 heterocycles. The molecule has 1 N–H and O–H groups in total. The molecule has 2 aliphatic rings. The molecular formula is C16H19ClN2O3. The van der Waals surface area contributed by atoms with Gasteiger partial charge in [-0.05, 0) is 31.5 Å². The molecule has 1 spiro atoms. The van der Waals surface area contributed by atoms with Crippen molar-refractivity contribution < 1.29 is 14.3 Å². The van der Waals surface area contributed by atoms with Gasteiger partial charge in [0.2, 0.25) is 5.91 Å². The first-order valence-corrected chi connectivity index (χ1v) is 7.87. The van der Waals surface area contributed by atoms with E-state index in [1.165, 1.54) is 0 Å². The van der Waals surface area contributed by atoms with Crippen molar-refractivity contribution >= 4 is 29.2 Å². The molecule has 2 atom stereocenters. The number of esters is 1. The summed E-state index contributed by atoms with van der Waals surface area (Å²) in [6.45, 7) is 3.43. The number of rotatable bonds is 3.